The fourth-order valence-corrected chi connectivity index (χ4v) is 1.21. The number of ketones is 1. The second kappa shape index (κ2) is 4.07. The van der Waals surface area contributed by atoms with Crippen LogP contribution in [0.2, 0.25) is 0 Å². The van der Waals surface area contributed by atoms with E-state index in [4.69, 9.17) is 11.6 Å². The number of Topliss-reactive ketones (excluding diaryl/α,β-unsaturated/α-hetero) is 1. The van der Waals surface area contributed by atoms with Gasteiger partial charge in [-0.1, -0.05) is 52.9 Å². The number of hydrogen-bond donors (Lipinski definition) is 0. The average Bonchev–Trinajstić information content (AvgIpc) is 2.05. The van der Waals surface area contributed by atoms with Crippen LogP contribution >= 0.6 is 34.2 Å². The first-order chi connectivity index (χ1) is 5.22. The molecule has 58 valence electrons. The molecule has 0 heterocycles. The molecule has 1 nitrogen and oxygen atoms in total. The van der Waals surface area contributed by atoms with Crippen LogP contribution in [0.4, 0.5) is 0 Å². The number of carbonyl (C=O) groups excluding carboxylic acids is 1. The Kier molecular flexibility index (Phi) is 3.33. The Balaban J connectivity index is 2.86. The molecule has 0 aromatic heterocycles. The average molecular weight is 280 g/mol. The first-order valence-corrected chi connectivity index (χ1v) is 4.77. The van der Waals surface area contributed by atoms with Crippen molar-refractivity contribution in [3.8, 4) is 0 Å². The van der Waals surface area contributed by atoms with Crippen LogP contribution in [0.15, 0.2) is 30.3 Å². The molecular weight excluding hydrogens is 274 g/mol. The Hall–Kier alpha value is -0.0900. The zero-order valence-electron chi connectivity index (χ0n) is 5.63. The Morgan fingerprint density at radius 2 is 1.91 bits per heavy atom. The van der Waals surface area contributed by atoms with Crippen molar-refractivity contribution in [3.05, 3.63) is 35.9 Å². The van der Waals surface area contributed by atoms with Gasteiger partial charge in [0, 0.05) is 5.56 Å². The molecule has 0 fully saturated rings. The van der Waals surface area contributed by atoms with Crippen LogP contribution in [0.3, 0.4) is 0 Å². The van der Waals surface area contributed by atoms with Gasteiger partial charge in [0.25, 0.3) is 0 Å². The highest BCUT2D eigenvalue weighted by Gasteiger charge is 2.11. The SMILES string of the molecule is O=C(c1ccccc1)C(Cl)I. The number of rotatable bonds is 2. The minimum atomic E-state index is -0.463. The number of hydrogen-bond acceptors (Lipinski definition) is 1. The van der Waals surface area contributed by atoms with Crippen molar-refractivity contribution in [3.63, 3.8) is 0 Å². The first kappa shape index (κ1) is 9.00. The lowest BCUT2D eigenvalue weighted by Crippen LogP contribution is -2.06. The highest BCUT2D eigenvalue weighted by molar-refractivity contribution is 14.1. The molecule has 0 N–H and O–H groups in total. The maximum atomic E-state index is 11.2. The predicted molar refractivity (Wildman–Crippen MR) is 54.4 cm³/mol. The van der Waals surface area contributed by atoms with Gasteiger partial charge in [-0.05, 0) is 0 Å². The van der Waals surface area contributed by atoms with E-state index in [2.05, 4.69) is 0 Å². The van der Waals surface area contributed by atoms with Crippen molar-refractivity contribution in [2.24, 2.45) is 0 Å². The van der Waals surface area contributed by atoms with Crippen molar-refractivity contribution >= 4 is 40.0 Å². The van der Waals surface area contributed by atoms with Crippen LogP contribution < -0.4 is 0 Å². The fourth-order valence-electron chi connectivity index (χ4n) is 0.728. The summed E-state index contributed by atoms with van der Waals surface area (Å²) in [5, 5.41) is 0. The van der Waals surface area contributed by atoms with Crippen LogP contribution in [0.5, 0.6) is 0 Å². The summed E-state index contributed by atoms with van der Waals surface area (Å²) in [4.78, 5) is 11.2. The molecule has 11 heavy (non-hydrogen) atoms. The second-order valence-corrected chi connectivity index (χ2v) is 4.45. The maximum absolute atomic E-state index is 11.2. The third-order valence-corrected chi connectivity index (χ3v) is 2.02. The Labute approximate surface area is 83.9 Å². The van der Waals surface area contributed by atoms with Crippen LogP contribution in [0, 0.1) is 0 Å². The van der Waals surface area contributed by atoms with E-state index in [9.17, 15) is 4.79 Å². The molecule has 0 aliphatic carbocycles. The van der Waals surface area contributed by atoms with Crippen molar-refractivity contribution < 1.29 is 4.79 Å². The van der Waals surface area contributed by atoms with E-state index in [1.807, 2.05) is 40.8 Å². The van der Waals surface area contributed by atoms with E-state index in [1.54, 1.807) is 12.1 Å². The molecule has 0 aliphatic rings. The van der Waals surface area contributed by atoms with Crippen LogP contribution in [0.1, 0.15) is 10.4 Å². The number of alkyl halides is 2. The van der Waals surface area contributed by atoms with Gasteiger partial charge >= 0.3 is 0 Å². The summed E-state index contributed by atoms with van der Waals surface area (Å²) in [7, 11) is 0. The standard InChI is InChI=1S/C8H6ClIO/c9-8(10)7(11)6-4-2-1-3-5-6/h1-5,8H. The molecule has 0 amide bonds. The molecule has 1 rings (SSSR count). The maximum Gasteiger partial charge on any atom is 0.190 e. The van der Waals surface area contributed by atoms with Gasteiger partial charge in [-0.3, -0.25) is 4.79 Å². The Morgan fingerprint density at radius 3 is 2.36 bits per heavy atom. The third-order valence-electron chi connectivity index (χ3n) is 1.26. The van der Waals surface area contributed by atoms with E-state index in [1.165, 1.54) is 0 Å². The number of benzene rings is 1. The minimum Gasteiger partial charge on any atom is -0.292 e. The minimum absolute atomic E-state index is 0.0344. The molecule has 0 spiro atoms. The van der Waals surface area contributed by atoms with Gasteiger partial charge in [-0.2, -0.15) is 0 Å². The van der Waals surface area contributed by atoms with E-state index >= 15 is 0 Å². The van der Waals surface area contributed by atoms with E-state index in [0.717, 1.165) is 0 Å². The normalized spacial score (nSPS) is 12.5. The predicted octanol–water partition coefficient (Wildman–Crippen LogP) is 2.87. The van der Waals surface area contributed by atoms with Crippen molar-refractivity contribution in [2.75, 3.05) is 0 Å². The van der Waals surface area contributed by atoms with Gasteiger partial charge in [0.1, 0.15) is 3.38 Å². The number of carbonyl (C=O) groups is 1. The molecule has 3 heteroatoms. The highest BCUT2D eigenvalue weighted by atomic mass is 127. The van der Waals surface area contributed by atoms with Gasteiger partial charge in [-0.25, -0.2) is 0 Å². The zero-order valence-corrected chi connectivity index (χ0v) is 8.54. The fraction of sp³-hybridized carbons (Fsp3) is 0.125. The zero-order chi connectivity index (χ0) is 8.27. The highest BCUT2D eigenvalue weighted by Crippen LogP contribution is 2.13. The quantitative estimate of drug-likeness (QED) is 0.462. The van der Waals surface area contributed by atoms with Gasteiger partial charge in [0.05, 0.1) is 0 Å². The summed E-state index contributed by atoms with van der Waals surface area (Å²) in [5.41, 5.74) is 0.668. The summed E-state index contributed by atoms with van der Waals surface area (Å²) in [6, 6.07) is 9.03. The largest absolute Gasteiger partial charge is 0.292 e. The van der Waals surface area contributed by atoms with Gasteiger partial charge in [0.15, 0.2) is 5.78 Å². The van der Waals surface area contributed by atoms with E-state index < -0.39 is 3.38 Å². The molecule has 0 saturated carbocycles. The monoisotopic (exact) mass is 280 g/mol. The summed E-state index contributed by atoms with van der Waals surface area (Å²) in [6.45, 7) is 0. The van der Waals surface area contributed by atoms with Crippen LogP contribution in [-0.2, 0) is 0 Å². The summed E-state index contributed by atoms with van der Waals surface area (Å²) >= 11 is 7.49. The molecule has 1 unspecified atom stereocenters. The van der Waals surface area contributed by atoms with E-state index in [-0.39, 0.29) is 5.78 Å². The van der Waals surface area contributed by atoms with Gasteiger partial charge in [0.2, 0.25) is 0 Å². The molecule has 1 aromatic carbocycles. The second-order valence-electron chi connectivity index (χ2n) is 2.03. The molecular formula is C8H6ClIO. The molecule has 1 atom stereocenters. The lowest BCUT2D eigenvalue weighted by Gasteiger charge is -1.98. The topological polar surface area (TPSA) is 17.1 Å². The Morgan fingerprint density at radius 1 is 1.36 bits per heavy atom. The van der Waals surface area contributed by atoms with E-state index in [0.29, 0.717) is 5.56 Å². The van der Waals surface area contributed by atoms with Crippen molar-refractivity contribution in [1.29, 1.82) is 0 Å². The molecule has 0 radical (unpaired) electrons. The van der Waals surface area contributed by atoms with Crippen molar-refractivity contribution in [1.82, 2.24) is 0 Å². The lowest BCUT2D eigenvalue weighted by atomic mass is 10.2. The molecule has 0 bridgehead atoms. The van der Waals surface area contributed by atoms with Gasteiger partial charge < -0.3 is 0 Å². The molecule has 0 saturated heterocycles. The molecule has 0 aliphatic heterocycles. The van der Waals surface area contributed by atoms with Gasteiger partial charge in [-0.15, -0.1) is 11.6 Å². The lowest BCUT2D eigenvalue weighted by molar-refractivity contribution is 0.101. The Bertz CT molecular complexity index is 246. The van der Waals surface area contributed by atoms with Crippen molar-refractivity contribution in [2.45, 2.75) is 3.38 Å². The molecule has 1 aromatic rings. The number of halogens is 2. The first-order valence-electron chi connectivity index (χ1n) is 3.09. The summed E-state index contributed by atoms with van der Waals surface area (Å²) < 4.78 is -0.463. The smallest absolute Gasteiger partial charge is 0.190 e. The van der Waals surface area contributed by atoms with Crippen LogP contribution in [-0.4, -0.2) is 9.17 Å². The third kappa shape index (κ3) is 2.45. The summed E-state index contributed by atoms with van der Waals surface area (Å²) in [6.07, 6.45) is 0. The summed E-state index contributed by atoms with van der Waals surface area (Å²) in [5.74, 6) is -0.0344. The van der Waals surface area contributed by atoms with Crippen LogP contribution in [0.25, 0.3) is 0 Å².